The average Bonchev–Trinajstić information content (AvgIpc) is 3.37. The van der Waals surface area contributed by atoms with E-state index >= 15 is 0 Å². The van der Waals surface area contributed by atoms with Crippen molar-refractivity contribution in [2.75, 3.05) is 19.8 Å². The second-order valence-electron chi connectivity index (χ2n) is 9.24. The van der Waals surface area contributed by atoms with Gasteiger partial charge in [-0.3, -0.25) is 4.79 Å². The molecule has 1 heterocycles. The number of amides is 1. The monoisotopic (exact) mass is 522 g/mol. The summed E-state index contributed by atoms with van der Waals surface area (Å²) in [5, 5.41) is 18.1. The van der Waals surface area contributed by atoms with E-state index in [2.05, 4.69) is 10.6 Å². The molecule has 1 saturated heterocycles. The lowest BCUT2D eigenvalue weighted by Gasteiger charge is -2.29. The van der Waals surface area contributed by atoms with Crippen LogP contribution in [0.25, 0.3) is 0 Å². The molecule has 0 saturated carbocycles. The van der Waals surface area contributed by atoms with Gasteiger partial charge in [0.15, 0.2) is 0 Å². The number of rotatable bonds is 13. The minimum atomic E-state index is -1.33. The van der Waals surface area contributed by atoms with Crippen LogP contribution in [0.3, 0.4) is 0 Å². The summed E-state index contributed by atoms with van der Waals surface area (Å²) in [6.45, 7) is 7.83. The Bertz CT molecular complexity index is 975. The van der Waals surface area contributed by atoms with Crippen LogP contribution >= 0.6 is 8.38 Å². The third-order valence-corrected chi connectivity index (χ3v) is 7.49. The zero-order valence-corrected chi connectivity index (χ0v) is 22.1. The van der Waals surface area contributed by atoms with Crippen molar-refractivity contribution in [2.45, 2.75) is 71.1 Å². The molecule has 3 N–H and O–H groups in total. The number of halogens is 2. The first-order valence-corrected chi connectivity index (χ1v) is 13.8. The lowest BCUT2D eigenvalue weighted by atomic mass is 9.95. The van der Waals surface area contributed by atoms with Gasteiger partial charge in [-0.1, -0.05) is 13.8 Å². The Hall–Kier alpha value is -1.96. The molecule has 36 heavy (non-hydrogen) atoms. The van der Waals surface area contributed by atoms with Crippen molar-refractivity contribution in [3.8, 4) is 0 Å². The first kappa shape index (κ1) is 28.6. The summed E-state index contributed by atoms with van der Waals surface area (Å²) >= 11 is 0. The zero-order valence-electron chi connectivity index (χ0n) is 21.2. The van der Waals surface area contributed by atoms with E-state index in [0.717, 1.165) is 49.2 Å². The molecule has 1 amide bonds. The maximum absolute atomic E-state index is 13.8. The van der Waals surface area contributed by atoms with E-state index in [-0.39, 0.29) is 18.4 Å². The average molecular weight is 523 g/mol. The van der Waals surface area contributed by atoms with Gasteiger partial charge in [-0.25, -0.2) is 8.78 Å². The third kappa shape index (κ3) is 8.29. The normalized spacial score (nSPS) is 17.4. The molecule has 3 rings (SSSR count). The molecular formula is C27H37F2N2O4P. The van der Waals surface area contributed by atoms with Gasteiger partial charge < -0.3 is 24.8 Å². The Morgan fingerprint density at radius 2 is 1.78 bits per heavy atom. The highest BCUT2D eigenvalue weighted by Crippen LogP contribution is 2.38. The Kier molecular flexibility index (Phi) is 11.2. The Morgan fingerprint density at radius 3 is 2.36 bits per heavy atom. The molecule has 2 aromatic rings. The minimum absolute atomic E-state index is 0.0877. The van der Waals surface area contributed by atoms with Gasteiger partial charge in [0.25, 0.3) is 5.91 Å². The summed E-state index contributed by atoms with van der Waals surface area (Å²) in [5.74, 6) is -1.77. The lowest BCUT2D eigenvalue weighted by molar-refractivity contribution is 0.0737. The van der Waals surface area contributed by atoms with Crippen molar-refractivity contribution in [3.05, 3.63) is 64.7 Å². The van der Waals surface area contributed by atoms with E-state index in [4.69, 9.17) is 9.05 Å². The van der Waals surface area contributed by atoms with Gasteiger partial charge in [0.1, 0.15) is 11.6 Å². The van der Waals surface area contributed by atoms with Gasteiger partial charge in [0, 0.05) is 23.0 Å². The molecular weight excluding hydrogens is 485 g/mol. The number of nitrogens with one attached hydrogen (secondary N) is 2. The highest BCUT2D eigenvalue weighted by molar-refractivity contribution is 7.56. The molecule has 6 nitrogen and oxygen atoms in total. The van der Waals surface area contributed by atoms with Gasteiger partial charge in [-0.05, 0) is 87.0 Å². The smallest absolute Gasteiger partial charge is 0.251 e. The quantitative estimate of drug-likeness (QED) is 0.337. The van der Waals surface area contributed by atoms with E-state index < -0.39 is 32.2 Å². The summed E-state index contributed by atoms with van der Waals surface area (Å²) < 4.78 is 39.5. The molecule has 198 valence electrons. The van der Waals surface area contributed by atoms with Crippen molar-refractivity contribution in [1.82, 2.24) is 10.6 Å². The van der Waals surface area contributed by atoms with Crippen LogP contribution in [0.2, 0.25) is 0 Å². The first-order chi connectivity index (χ1) is 17.3. The fourth-order valence-corrected chi connectivity index (χ4v) is 5.93. The lowest BCUT2D eigenvalue weighted by Crippen LogP contribution is -2.52. The third-order valence-electron chi connectivity index (χ3n) is 5.98. The van der Waals surface area contributed by atoms with Gasteiger partial charge in [-0.15, -0.1) is 0 Å². The summed E-state index contributed by atoms with van der Waals surface area (Å²) in [7, 11) is -1.33. The van der Waals surface area contributed by atoms with Crippen molar-refractivity contribution >= 4 is 19.6 Å². The SMILES string of the molecule is CCCOP(OCCC)c1cc(C)cc(C(=O)NC(Cc2cc(F)cc(F)c2)C(O)C2CCCN2)c1. The van der Waals surface area contributed by atoms with Crippen molar-refractivity contribution < 1.29 is 27.7 Å². The molecule has 2 aromatic carbocycles. The molecule has 0 aliphatic carbocycles. The van der Waals surface area contributed by atoms with Crippen molar-refractivity contribution in [2.24, 2.45) is 0 Å². The van der Waals surface area contributed by atoms with E-state index in [0.29, 0.717) is 24.3 Å². The van der Waals surface area contributed by atoms with E-state index in [1.165, 1.54) is 12.1 Å². The highest BCUT2D eigenvalue weighted by atomic mass is 31.2. The predicted molar refractivity (Wildman–Crippen MR) is 139 cm³/mol. The standard InChI is InChI=1S/C27H37F2N2O4P/c1-4-9-34-36(35-10-5-2)23-12-18(3)11-20(16-23)27(33)31-25(26(32)24-7-6-8-30-24)15-19-13-21(28)17-22(29)14-19/h11-14,16-17,24-26,30,32H,4-10,15H2,1-3H3,(H,31,33). The maximum atomic E-state index is 13.8. The predicted octanol–water partition coefficient (Wildman–Crippen LogP) is 4.52. The van der Waals surface area contributed by atoms with E-state index in [1.807, 2.05) is 26.8 Å². The van der Waals surface area contributed by atoms with Crippen LogP contribution in [0, 0.1) is 18.6 Å². The Morgan fingerprint density at radius 1 is 1.11 bits per heavy atom. The second kappa shape index (κ2) is 14.1. The fourth-order valence-electron chi connectivity index (χ4n) is 4.31. The molecule has 1 aliphatic rings. The molecule has 1 fully saturated rings. The molecule has 9 heteroatoms. The number of aryl methyl sites for hydroxylation is 1. The van der Waals surface area contributed by atoms with Crippen LogP contribution in [-0.4, -0.2) is 49.0 Å². The number of hydrogen-bond donors (Lipinski definition) is 3. The number of carbonyl (C=O) groups is 1. The fraction of sp³-hybridized carbons (Fsp3) is 0.519. The maximum Gasteiger partial charge on any atom is 0.251 e. The number of aliphatic hydroxyl groups is 1. The molecule has 1 aliphatic heterocycles. The van der Waals surface area contributed by atoms with Crippen LogP contribution in [0.5, 0.6) is 0 Å². The van der Waals surface area contributed by atoms with Gasteiger partial charge in [0.2, 0.25) is 8.38 Å². The van der Waals surface area contributed by atoms with Crippen molar-refractivity contribution in [1.29, 1.82) is 0 Å². The van der Waals surface area contributed by atoms with Gasteiger partial charge in [-0.2, -0.15) is 0 Å². The topological polar surface area (TPSA) is 79.8 Å². The second-order valence-corrected chi connectivity index (χ2v) is 10.8. The molecule has 0 bridgehead atoms. The number of hydrogen-bond acceptors (Lipinski definition) is 5. The van der Waals surface area contributed by atoms with Crippen LogP contribution in [-0.2, 0) is 15.5 Å². The number of carbonyl (C=O) groups excluding carboxylic acids is 1. The summed E-state index contributed by atoms with van der Waals surface area (Å²) in [6, 6.07) is 7.80. The number of aliphatic hydroxyl groups excluding tert-OH is 1. The molecule has 0 spiro atoms. The van der Waals surface area contributed by atoms with Crippen LogP contribution in [0.1, 0.15) is 61.0 Å². The molecule has 0 aromatic heterocycles. The van der Waals surface area contributed by atoms with E-state index in [1.54, 1.807) is 12.1 Å². The summed E-state index contributed by atoms with van der Waals surface area (Å²) in [5.41, 5.74) is 1.66. The van der Waals surface area contributed by atoms with Crippen LogP contribution in [0.15, 0.2) is 36.4 Å². The first-order valence-electron chi connectivity index (χ1n) is 12.7. The molecule has 3 atom stereocenters. The summed E-state index contributed by atoms with van der Waals surface area (Å²) in [6.07, 6.45) is 2.53. The largest absolute Gasteiger partial charge is 0.389 e. The highest BCUT2D eigenvalue weighted by Gasteiger charge is 2.31. The number of benzene rings is 2. The van der Waals surface area contributed by atoms with Crippen LogP contribution in [0.4, 0.5) is 8.78 Å². The molecule has 3 unspecified atom stereocenters. The van der Waals surface area contributed by atoms with Crippen LogP contribution < -0.4 is 15.9 Å². The Balaban J connectivity index is 1.84. The zero-order chi connectivity index (χ0) is 26.1. The van der Waals surface area contributed by atoms with Gasteiger partial charge >= 0.3 is 0 Å². The van der Waals surface area contributed by atoms with Gasteiger partial charge in [0.05, 0.1) is 25.4 Å². The summed E-state index contributed by atoms with van der Waals surface area (Å²) in [4.78, 5) is 13.4. The van der Waals surface area contributed by atoms with Crippen molar-refractivity contribution in [3.63, 3.8) is 0 Å². The Labute approximate surface area is 213 Å². The van der Waals surface area contributed by atoms with E-state index in [9.17, 15) is 18.7 Å². The molecule has 0 radical (unpaired) electrons. The minimum Gasteiger partial charge on any atom is -0.389 e.